The molecule has 1 aromatic carbocycles. The number of amides is 1. The van der Waals surface area contributed by atoms with Crippen molar-refractivity contribution < 1.29 is 9.53 Å². The Morgan fingerprint density at radius 2 is 2.18 bits per heavy atom. The monoisotopic (exact) mass is 234 g/mol. The SMILES string of the molecule is CC1Oc2ccc(N)cc2CN(C(C)C)C1=O. The number of benzene rings is 1. The van der Waals surface area contributed by atoms with Crippen LogP contribution < -0.4 is 10.5 Å². The zero-order chi connectivity index (χ0) is 12.6. The van der Waals surface area contributed by atoms with Gasteiger partial charge in [-0.1, -0.05) is 0 Å². The number of nitrogens with two attached hydrogens (primary N) is 1. The van der Waals surface area contributed by atoms with Gasteiger partial charge in [0.15, 0.2) is 6.10 Å². The van der Waals surface area contributed by atoms with E-state index in [-0.39, 0.29) is 11.9 Å². The smallest absolute Gasteiger partial charge is 0.263 e. The van der Waals surface area contributed by atoms with Gasteiger partial charge in [-0.25, -0.2) is 0 Å². The second-order valence-electron chi connectivity index (χ2n) is 4.69. The largest absolute Gasteiger partial charge is 0.481 e. The standard InChI is InChI=1S/C13H18N2O2/c1-8(2)15-7-10-6-11(14)4-5-12(10)17-9(3)13(15)16/h4-6,8-9H,7,14H2,1-3H3. The van der Waals surface area contributed by atoms with E-state index in [9.17, 15) is 4.79 Å². The van der Waals surface area contributed by atoms with Gasteiger partial charge in [0.05, 0.1) is 0 Å². The molecule has 0 radical (unpaired) electrons. The Hall–Kier alpha value is -1.71. The fourth-order valence-corrected chi connectivity index (χ4v) is 2.01. The number of hydrogen-bond donors (Lipinski definition) is 1. The number of nitrogens with zero attached hydrogens (tertiary/aromatic N) is 1. The summed E-state index contributed by atoms with van der Waals surface area (Å²) in [6.45, 7) is 6.34. The van der Waals surface area contributed by atoms with Crippen molar-refractivity contribution in [3.05, 3.63) is 23.8 Å². The normalized spacial score (nSPS) is 19.9. The van der Waals surface area contributed by atoms with Crippen molar-refractivity contribution in [2.24, 2.45) is 0 Å². The average molecular weight is 234 g/mol. The fourth-order valence-electron chi connectivity index (χ4n) is 2.01. The molecule has 0 aromatic heterocycles. The summed E-state index contributed by atoms with van der Waals surface area (Å²) in [5, 5.41) is 0. The highest BCUT2D eigenvalue weighted by Crippen LogP contribution is 2.28. The van der Waals surface area contributed by atoms with E-state index in [0.29, 0.717) is 12.2 Å². The molecule has 0 aliphatic carbocycles. The zero-order valence-electron chi connectivity index (χ0n) is 10.4. The Kier molecular flexibility index (Phi) is 2.96. The van der Waals surface area contributed by atoms with Crippen molar-refractivity contribution in [2.45, 2.75) is 39.5 Å². The van der Waals surface area contributed by atoms with Crippen LogP contribution in [0, 0.1) is 0 Å². The van der Waals surface area contributed by atoms with E-state index in [0.717, 1.165) is 11.3 Å². The van der Waals surface area contributed by atoms with Gasteiger partial charge in [-0.05, 0) is 39.0 Å². The third kappa shape index (κ3) is 2.20. The van der Waals surface area contributed by atoms with Crippen LogP contribution in [0.25, 0.3) is 0 Å². The molecule has 92 valence electrons. The molecule has 1 aliphatic heterocycles. The Bertz CT molecular complexity index is 443. The minimum absolute atomic E-state index is 0.0229. The number of anilines is 1. The van der Waals surface area contributed by atoms with E-state index in [4.69, 9.17) is 10.5 Å². The van der Waals surface area contributed by atoms with Crippen LogP contribution in [0.4, 0.5) is 5.69 Å². The van der Waals surface area contributed by atoms with Crippen molar-refractivity contribution in [3.8, 4) is 5.75 Å². The molecule has 17 heavy (non-hydrogen) atoms. The first-order valence-electron chi connectivity index (χ1n) is 5.84. The molecule has 2 N–H and O–H groups in total. The molecule has 0 saturated heterocycles. The molecule has 1 atom stereocenters. The van der Waals surface area contributed by atoms with Crippen molar-refractivity contribution >= 4 is 11.6 Å². The number of ether oxygens (including phenoxy) is 1. The Labute approximate surface area is 101 Å². The molecule has 1 amide bonds. The third-order valence-corrected chi connectivity index (χ3v) is 2.98. The number of nitrogen functional groups attached to an aromatic ring is 1. The molecule has 0 saturated carbocycles. The molecular formula is C13H18N2O2. The van der Waals surface area contributed by atoms with Crippen LogP contribution in [0.15, 0.2) is 18.2 Å². The summed E-state index contributed by atoms with van der Waals surface area (Å²) in [6, 6.07) is 5.65. The summed E-state index contributed by atoms with van der Waals surface area (Å²) in [5.41, 5.74) is 7.43. The zero-order valence-corrected chi connectivity index (χ0v) is 10.4. The first kappa shape index (κ1) is 11.8. The predicted octanol–water partition coefficient (Wildman–Crippen LogP) is 1.79. The summed E-state index contributed by atoms with van der Waals surface area (Å²) in [6.07, 6.45) is -0.442. The van der Waals surface area contributed by atoms with E-state index in [1.165, 1.54) is 0 Å². The predicted molar refractivity (Wildman–Crippen MR) is 66.6 cm³/mol. The molecule has 1 aromatic rings. The molecule has 0 fully saturated rings. The van der Waals surface area contributed by atoms with Gasteiger partial charge in [-0.3, -0.25) is 4.79 Å². The van der Waals surface area contributed by atoms with Gasteiger partial charge in [0.2, 0.25) is 0 Å². The van der Waals surface area contributed by atoms with Crippen LogP contribution in [0.3, 0.4) is 0 Å². The first-order valence-corrected chi connectivity index (χ1v) is 5.84. The minimum Gasteiger partial charge on any atom is -0.481 e. The van der Waals surface area contributed by atoms with E-state index in [2.05, 4.69) is 0 Å². The van der Waals surface area contributed by atoms with Crippen LogP contribution in [-0.4, -0.2) is 23.0 Å². The molecule has 4 nitrogen and oxygen atoms in total. The van der Waals surface area contributed by atoms with Gasteiger partial charge in [0.25, 0.3) is 5.91 Å². The summed E-state index contributed by atoms with van der Waals surface area (Å²) in [7, 11) is 0. The van der Waals surface area contributed by atoms with Crippen LogP contribution in [0.2, 0.25) is 0 Å². The molecule has 1 unspecified atom stereocenters. The van der Waals surface area contributed by atoms with Crippen molar-refractivity contribution in [3.63, 3.8) is 0 Å². The van der Waals surface area contributed by atoms with Gasteiger partial charge < -0.3 is 15.4 Å². The van der Waals surface area contributed by atoms with Crippen molar-refractivity contribution in [1.29, 1.82) is 0 Å². The topological polar surface area (TPSA) is 55.6 Å². The van der Waals surface area contributed by atoms with Crippen LogP contribution in [0.1, 0.15) is 26.3 Å². The van der Waals surface area contributed by atoms with E-state index in [1.807, 2.05) is 30.9 Å². The average Bonchev–Trinajstić information content (AvgIpc) is 2.38. The van der Waals surface area contributed by atoms with E-state index < -0.39 is 6.10 Å². The highest BCUT2D eigenvalue weighted by atomic mass is 16.5. The Morgan fingerprint density at radius 1 is 1.47 bits per heavy atom. The first-order chi connectivity index (χ1) is 7.99. The molecule has 1 heterocycles. The number of rotatable bonds is 1. The molecule has 0 spiro atoms. The molecule has 0 bridgehead atoms. The fraction of sp³-hybridized carbons (Fsp3) is 0.462. The summed E-state index contributed by atoms with van der Waals surface area (Å²) < 4.78 is 5.66. The maximum absolute atomic E-state index is 12.1. The maximum Gasteiger partial charge on any atom is 0.263 e. The van der Waals surface area contributed by atoms with E-state index in [1.54, 1.807) is 13.0 Å². The maximum atomic E-state index is 12.1. The molecule has 2 rings (SSSR count). The van der Waals surface area contributed by atoms with Crippen LogP contribution in [-0.2, 0) is 11.3 Å². The summed E-state index contributed by atoms with van der Waals surface area (Å²) >= 11 is 0. The van der Waals surface area contributed by atoms with Gasteiger partial charge in [-0.2, -0.15) is 0 Å². The quantitative estimate of drug-likeness (QED) is 0.754. The lowest BCUT2D eigenvalue weighted by molar-refractivity contribution is -0.139. The third-order valence-electron chi connectivity index (χ3n) is 2.98. The number of carbonyl (C=O) groups excluding carboxylic acids is 1. The van der Waals surface area contributed by atoms with E-state index >= 15 is 0 Å². The van der Waals surface area contributed by atoms with Crippen molar-refractivity contribution in [1.82, 2.24) is 4.90 Å². The lowest BCUT2D eigenvalue weighted by Gasteiger charge is -2.26. The second-order valence-corrected chi connectivity index (χ2v) is 4.69. The number of fused-ring (bicyclic) bond motifs is 1. The molecular weight excluding hydrogens is 216 g/mol. The summed E-state index contributed by atoms with van der Waals surface area (Å²) in [5.74, 6) is 0.776. The minimum atomic E-state index is -0.442. The lowest BCUT2D eigenvalue weighted by atomic mass is 10.1. The van der Waals surface area contributed by atoms with Crippen LogP contribution in [0.5, 0.6) is 5.75 Å². The lowest BCUT2D eigenvalue weighted by Crippen LogP contribution is -2.41. The number of hydrogen-bond acceptors (Lipinski definition) is 3. The Balaban J connectivity index is 2.41. The molecule has 4 heteroatoms. The van der Waals surface area contributed by atoms with Crippen LogP contribution >= 0.6 is 0 Å². The highest BCUT2D eigenvalue weighted by Gasteiger charge is 2.29. The molecule has 1 aliphatic rings. The van der Waals surface area contributed by atoms with Gasteiger partial charge in [-0.15, -0.1) is 0 Å². The van der Waals surface area contributed by atoms with Gasteiger partial charge in [0, 0.05) is 23.8 Å². The number of carbonyl (C=O) groups is 1. The Morgan fingerprint density at radius 3 is 2.82 bits per heavy atom. The van der Waals surface area contributed by atoms with Gasteiger partial charge >= 0.3 is 0 Å². The summed E-state index contributed by atoms with van der Waals surface area (Å²) in [4.78, 5) is 13.9. The van der Waals surface area contributed by atoms with Crippen molar-refractivity contribution in [2.75, 3.05) is 5.73 Å². The van der Waals surface area contributed by atoms with Gasteiger partial charge in [0.1, 0.15) is 5.75 Å². The second kappa shape index (κ2) is 4.28. The highest BCUT2D eigenvalue weighted by molar-refractivity contribution is 5.82.